The van der Waals surface area contributed by atoms with Crippen molar-refractivity contribution in [2.24, 2.45) is 0 Å². The van der Waals surface area contributed by atoms with E-state index in [-0.39, 0.29) is 5.41 Å². The zero-order chi connectivity index (χ0) is 13.9. The van der Waals surface area contributed by atoms with Crippen molar-refractivity contribution in [3.05, 3.63) is 53.9 Å². The van der Waals surface area contributed by atoms with Crippen LogP contribution >= 0.6 is 0 Å². The van der Waals surface area contributed by atoms with Gasteiger partial charge in [-0.25, -0.2) is 0 Å². The molecule has 0 bridgehead atoms. The minimum absolute atomic E-state index is 0.116. The van der Waals surface area contributed by atoms with Crippen molar-refractivity contribution >= 4 is 0 Å². The highest BCUT2D eigenvalue weighted by molar-refractivity contribution is 5.43. The van der Waals surface area contributed by atoms with E-state index in [1.165, 1.54) is 5.56 Å². The Morgan fingerprint density at radius 3 is 2.37 bits per heavy atom. The summed E-state index contributed by atoms with van der Waals surface area (Å²) in [4.78, 5) is 3.97. The summed E-state index contributed by atoms with van der Waals surface area (Å²) < 4.78 is 5.68. The monoisotopic (exact) mass is 252 g/mol. The van der Waals surface area contributed by atoms with E-state index in [9.17, 15) is 0 Å². The third-order valence-electron chi connectivity index (χ3n) is 2.85. The number of ether oxygens (including phenoxy) is 1. The molecule has 0 unspecified atom stereocenters. The molecule has 0 N–H and O–H groups in total. The predicted molar refractivity (Wildman–Crippen MR) is 74.2 cm³/mol. The molecule has 0 fully saturated rings. The first-order chi connectivity index (χ1) is 9.00. The molecular weight excluding hydrogens is 236 g/mol. The number of benzene rings is 1. The second kappa shape index (κ2) is 5.11. The molecule has 0 saturated carbocycles. The van der Waals surface area contributed by atoms with E-state index in [1.54, 1.807) is 18.5 Å². The highest BCUT2D eigenvalue weighted by Gasteiger charge is 2.13. The van der Waals surface area contributed by atoms with E-state index >= 15 is 0 Å². The van der Waals surface area contributed by atoms with E-state index in [4.69, 9.17) is 10.00 Å². The normalized spacial score (nSPS) is 10.8. The van der Waals surface area contributed by atoms with Gasteiger partial charge in [-0.2, -0.15) is 5.26 Å². The first-order valence-electron chi connectivity index (χ1n) is 6.13. The fourth-order valence-corrected chi connectivity index (χ4v) is 1.70. The molecule has 0 atom stereocenters. The third kappa shape index (κ3) is 3.11. The van der Waals surface area contributed by atoms with Crippen LogP contribution in [0, 0.1) is 11.3 Å². The van der Waals surface area contributed by atoms with Gasteiger partial charge in [0.15, 0.2) is 5.75 Å². The number of nitriles is 1. The van der Waals surface area contributed by atoms with E-state index in [0.717, 1.165) is 0 Å². The second-order valence-electron chi connectivity index (χ2n) is 5.36. The Labute approximate surface area is 113 Å². The lowest BCUT2D eigenvalue weighted by molar-refractivity contribution is 0.477. The molecule has 2 aromatic rings. The van der Waals surface area contributed by atoms with Gasteiger partial charge in [0.25, 0.3) is 0 Å². The van der Waals surface area contributed by atoms with Crippen LogP contribution in [0.4, 0.5) is 0 Å². The van der Waals surface area contributed by atoms with Crippen LogP contribution in [-0.4, -0.2) is 4.98 Å². The van der Waals surface area contributed by atoms with Gasteiger partial charge in [-0.3, -0.25) is 4.98 Å². The van der Waals surface area contributed by atoms with Crippen molar-refractivity contribution in [1.29, 1.82) is 5.26 Å². The summed E-state index contributed by atoms with van der Waals surface area (Å²) in [7, 11) is 0. The fourth-order valence-electron chi connectivity index (χ4n) is 1.70. The van der Waals surface area contributed by atoms with Crippen LogP contribution < -0.4 is 4.74 Å². The van der Waals surface area contributed by atoms with E-state index in [2.05, 4.69) is 31.8 Å². The lowest BCUT2D eigenvalue weighted by Gasteiger charge is -2.19. The topological polar surface area (TPSA) is 45.9 Å². The minimum Gasteiger partial charge on any atom is -0.454 e. The fraction of sp³-hybridized carbons (Fsp3) is 0.250. The third-order valence-corrected chi connectivity index (χ3v) is 2.85. The van der Waals surface area contributed by atoms with Gasteiger partial charge in [-0.05, 0) is 29.2 Å². The lowest BCUT2D eigenvalue weighted by Crippen LogP contribution is -2.10. The number of pyridine rings is 1. The van der Waals surface area contributed by atoms with Crippen molar-refractivity contribution in [2.75, 3.05) is 0 Å². The molecule has 2 rings (SSSR count). The highest BCUT2D eigenvalue weighted by Crippen LogP contribution is 2.27. The van der Waals surface area contributed by atoms with Crippen LogP contribution in [0.5, 0.6) is 11.5 Å². The Bertz CT molecular complexity index is 604. The molecule has 96 valence electrons. The molecule has 3 nitrogen and oxygen atoms in total. The van der Waals surface area contributed by atoms with E-state index < -0.39 is 0 Å². The summed E-state index contributed by atoms with van der Waals surface area (Å²) in [6, 6.07) is 11.6. The molecule has 3 heteroatoms. The number of hydrogen-bond donors (Lipinski definition) is 0. The highest BCUT2D eigenvalue weighted by atomic mass is 16.5. The van der Waals surface area contributed by atoms with Crippen LogP contribution in [-0.2, 0) is 5.41 Å². The molecule has 0 aliphatic heterocycles. The standard InChI is InChI=1S/C16H16N2O/c1-16(2,3)13-4-6-14(7-5-13)19-15-11-18-9-8-12(15)10-17/h4-9,11H,1-3H3. The molecule has 0 spiro atoms. The van der Waals surface area contributed by atoms with Crippen molar-refractivity contribution < 1.29 is 4.74 Å². The van der Waals surface area contributed by atoms with Gasteiger partial charge >= 0.3 is 0 Å². The number of aromatic nitrogens is 1. The molecule has 0 saturated heterocycles. The van der Waals surface area contributed by atoms with Crippen molar-refractivity contribution in [1.82, 2.24) is 4.98 Å². The van der Waals surface area contributed by atoms with Gasteiger partial charge in [0.2, 0.25) is 0 Å². The quantitative estimate of drug-likeness (QED) is 0.810. The van der Waals surface area contributed by atoms with Crippen LogP contribution in [0.15, 0.2) is 42.7 Å². The summed E-state index contributed by atoms with van der Waals surface area (Å²) in [6.07, 6.45) is 3.13. The van der Waals surface area contributed by atoms with Gasteiger partial charge in [-0.1, -0.05) is 32.9 Å². The van der Waals surface area contributed by atoms with Crippen molar-refractivity contribution in [2.45, 2.75) is 26.2 Å². The Hall–Kier alpha value is -2.34. The zero-order valence-electron chi connectivity index (χ0n) is 11.3. The molecule has 0 radical (unpaired) electrons. The number of nitrogens with zero attached hydrogens (tertiary/aromatic N) is 2. The van der Waals surface area contributed by atoms with Crippen molar-refractivity contribution in [3.8, 4) is 17.6 Å². The lowest BCUT2D eigenvalue weighted by atomic mass is 9.87. The maximum atomic E-state index is 8.99. The van der Waals surface area contributed by atoms with Gasteiger partial charge < -0.3 is 4.74 Å². The Balaban J connectivity index is 2.23. The average Bonchev–Trinajstić information content (AvgIpc) is 2.39. The van der Waals surface area contributed by atoms with Gasteiger partial charge in [0.1, 0.15) is 11.8 Å². The molecule has 0 aliphatic carbocycles. The van der Waals surface area contributed by atoms with Gasteiger partial charge in [0, 0.05) is 6.20 Å². The first kappa shape index (κ1) is 13.1. The van der Waals surface area contributed by atoms with Crippen LogP contribution in [0.2, 0.25) is 0 Å². The minimum atomic E-state index is 0.116. The van der Waals surface area contributed by atoms with Crippen LogP contribution in [0.25, 0.3) is 0 Å². The number of hydrogen-bond acceptors (Lipinski definition) is 3. The van der Waals surface area contributed by atoms with E-state index in [0.29, 0.717) is 17.1 Å². The Morgan fingerprint density at radius 1 is 1.11 bits per heavy atom. The zero-order valence-corrected chi connectivity index (χ0v) is 11.3. The summed E-state index contributed by atoms with van der Waals surface area (Å²) in [5.41, 5.74) is 1.84. The molecule has 0 amide bonds. The average molecular weight is 252 g/mol. The van der Waals surface area contributed by atoms with Crippen LogP contribution in [0.1, 0.15) is 31.9 Å². The van der Waals surface area contributed by atoms with E-state index in [1.807, 2.05) is 24.3 Å². The maximum absolute atomic E-state index is 8.99. The summed E-state index contributed by atoms with van der Waals surface area (Å²) in [6.45, 7) is 6.49. The smallest absolute Gasteiger partial charge is 0.163 e. The predicted octanol–water partition coefficient (Wildman–Crippen LogP) is 4.04. The molecule has 0 aliphatic rings. The Kier molecular flexibility index (Phi) is 3.52. The second-order valence-corrected chi connectivity index (χ2v) is 5.36. The SMILES string of the molecule is CC(C)(C)c1ccc(Oc2cnccc2C#N)cc1. The van der Waals surface area contributed by atoms with Gasteiger partial charge in [-0.15, -0.1) is 0 Å². The first-order valence-corrected chi connectivity index (χ1v) is 6.13. The number of rotatable bonds is 2. The Morgan fingerprint density at radius 2 is 1.79 bits per heavy atom. The molecule has 1 heterocycles. The summed E-state index contributed by atoms with van der Waals surface area (Å²) in [5.74, 6) is 1.19. The molecular formula is C16H16N2O. The largest absolute Gasteiger partial charge is 0.454 e. The maximum Gasteiger partial charge on any atom is 0.163 e. The molecule has 1 aromatic carbocycles. The summed E-state index contributed by atoms with van der Waals surface area (Å²) in [5, 5.41) is 8.99. The summed E-state index contributed by atoms with van der Waals surface area (Å²) >= 11 is 0. The van der Waals surface area contributed by atoms with Gasteiger partial charge in [0.05, 0.1) is 11.8 Å². The molecule has 19 heavy (non-hydrogen) atoms. The van der Waals surface area contributed by atoms with Crippen molar-refractivity contribution in [3.63, 3.8) is 0 Å². The van der Waals surface area contributed by atoms with Crippen LogP contribution in [0.3, 0.4) is 0 Å². The molecule has 1 aromatic heterocycles.